The summed E-state index contributed by atoms with van der Waals surface area (Å²) >= 11 is 7.81. The number of hydrogen-bond acceptors (Lipinski definition) is 5. The van der Waals surface area contributed by atoms with E-state index in [0.29, 0.717) is 45.7 Å². The van der Waals surface area contributed by atoms with E-state index in [0.717, 1.165) is 11.3 Å². The third-order valence-corrected chi connectivity index (χ3v) is 6.49. The minimum absolute atomic E-state index is 0.0882. The normalized spacial score (nSPS) is 15.2. The van der Waals surface area contributed by atoms with Gasteiger partial charge in [0, 0.05) is 10.8 Å². The van der Waals surface area contributed by atoms with Crippen LogP contribution in [0.4, 0.5) is 0 Å². The molecule has 2 heterocycles. The van der Waals surface area contributed by atoms with E-state index in [1.54, 1.807) is 10.6 Å². The molecule has 0 aliphatic carbocycles. The van der Waals surface area contributed by atoms with Gasteiger partial charge in [-0.15, -0.1) is 0 Å². The van der Waals surface area contributed by atoms with Crippen LogP contribution in [0.3, 0.4) is 0 Å². The van der Waals surface area contributed by atoms with Crippen LogP contribution >= 0.6 is 23.4 Å². The molecule has 4 aromatic rings. The van der Waals surface area contributed by atoms with Gasteiger partial charge in [-0.1, -0.05) is 65.8 Å². The maximum Gasteiger partial charge on any atom is 0.262 e. The lowest BCUT2D eigenvalue weighted by atomic mass is 10.2. The molecule has 31 heavy (non-hydrogen) atoms. The number of fused-ring (bicyclic) bond motifs is 2. The molecule has 1 aliphatic heterocycles. The van der Waals surface area contributed by atoms with Crippen LogP contribution in [0.5, 0.6) is 11.5 Å². The van der Waals surface area contributed by atoms with Crippen LogP contribution in [0.2, 0.25) is 5.02 Å². The van der Waals surface area contributed by atoms with E-state index in [1.807, 2.05) is 66.7 Å². The molecule has 0 saturated heterocycles. The molecule has 1 aliphatic rings. The molecule has 0 bridgehead atoms. The number of benzene rings is 3. The van der Waals surface area contributed by atoms with Crippen molar-refractivity contribution >= 4 is 34.3 Å². The van der Waals surface area contributed by atoms with Crippen molar-refractivity contribution in [2.75, 3.05) is 6.61 Å². The molecular formula is C24H19ClN2O3S. The Labute approximate surface area is 188 Å². The Balaban J connectivity index is 1.48. The Kier molecular flexibility index (Phi) is 5.57. The first-order valence-electron chi connectivity index (χ1n) is 9.93. The zero-order valence-electron chi connectivity index (χ0n) is 16.5. The Hall–Kier alpha value is -2.96. The molecule has 7 heteroatoms. The van der Waals surface area contributed by atoms with Gasteiger partial charge >= 0.3 is 0 Å². The Morgan fingerprint density at radius 1 is 1.00 bits per heavy atom. The summed E-state index contributed by atoms with van der Waals surface area (Å²) in [5.74, 6) is 2.01. The number of rotatable bonds is 5. The van der Waals surface area contributed by atoms with Gasteiger partial charge in [-0.05, 0) is 35.9 Å². The highest BCUT2D eigenvalue weighted by atomic mass is 35.5. The third-order valence-electron chi connectivity index (χ3n) is 5.09. The minimum atomic E-state index is -0.296. The molecule has 5 rings (SSSR count). The van der Waals surface area contributed by atoms with Crippen molar-refractivity contribution in [3.63, 3.8) is 0 Å². The van der Waals surface area contributed by atoms with Gasteiger partial charge in [0.05, 0.1) is 17.4 Å². The quantitative estimate of drug-likeness (QED) is 0.309. The topological polar surface area (TPSA) is 53.4 Å². The number of halogens is 1. The first-order valence-corrected chi connectivity index (χ1v) is 11.3. The fourth-order valence-corrected chi connectivity index (χ4v) is 4.83. The summed E-state index contributed by atoms with van der Waals surface area (Å²) in [6, 6.07) is 22.6. The molecular weight excluding hydrogens is 432 g/mol. The summed E-state index contributed by atoms with van der Waals surface area (Å²) in [7, 11) is 0. The number of aromatic nitrogens is 2. The summed E-state index contributed by atoms with van der Waals surface area (Å²) < 4.78 is 13.6. The molecule has 0 unspecified atom stereocenters. The molecule has 0 spiro atoms. The number of hydrogen-bond donors (Lipinski definition) is 0. The Morgan fingerprint density at radius 2 is 1.74 bits per heavy atom. The van der Waals surface area contributed by atoms with E-state index in [2.05, 4.69) is 0 Å². The van der Waals surface area contributed by atoms with Gasteiger partial charge in [-0.25, -0.2) is 4.98 Å². The molecule has 1 atom stereocenters. The second-order valence-electron chi connectivity index (χ2n) is 7.20. The molecule has 0 amide bonds. The van der Waals surface area contributed by atoms with E-state index in [-0.39, 0.29) is 11.7 Å². The van der Waals surface area contributed by atoms with Crippen LogP contribution < -0.4 is 15.0 Å². The lowest BCUT2D eigenvalue weighted by molar-refractivity contribution is 0.0757. The molecule has 0 fully saturated rings. The number of thioether (sulfide) groups is 1. The van der Waals surface area contributed by atoms with Crippen molar-refractivity contribution in [2.24, 2.45) is 0 Å². The van der Waals surface area contributed by atoms with Gasteiger partial charge in [0.15, 0.2) is 22.8 Å². The minimum Gasteiger partial charge on any atom is -0.486 e. The molecule has 1 aromatic heterocycles. The van der Waals surface area contributed by atoms with E-state index >= 15 is 0 Å². The Bertz CT molecular complexity index is 1310. The van der Waals surface area contributed by atoms with Gasteiger partial charge in [0.25, 0.3) is 5.56 Å². The largest absolute Gasteiger partial charge is 0.486 e. The van der Waals surface area contributed by atoms with Crippen LogP contribution in [0, 0.1) is 0 Å². The van der Waals surface area contributed by atoms with Crippen molar-refractivity contribution in [3.05, 3.63) is 93.7 Å². The smallest absolute Gasteiger partial charge is 0.262 e. The fraction of sp³-hybridized carbons (Fsp3) is 0.167. The predicted molar refractivity (Wildman–Crippen MR) is 123 cm³/mol. The molecule has 0 saturated carbocycles. The zero-order valence-corrected chi connectivity index (χ0v) is 18.1. The number of para-hydroxylation sites is 3. The third kappa shape index (κ3) is 4.13. The second kappa shape index (κ2) is 8.65. The first-order chi connectivity index (χ1) is 15.2. The second-order valence-corrected chi connectivity index (χ2v) is 8.55. The van der Waals surface area contributed by atoms with Crippen LogP contribution in [0.25, 0.3) is 10.9 Å². The average molecular weight is 451 g/mol. The van der Waals surface area contributed by atoms with Crippen LogP contribution in [-0.2, 0) is 12.3 Å². The van der Waals surface area contributed by atoms with Crippen LogP contribution in [0.15, 0.2) is 82.7 Å². The lowest BCUT2D eigenvalue weighted by Gasteiger charge is -2.27. The van der Waals surface area contributed by atoms with Crippen molar-refractivity contribution in [1.82, 2.24) is 9.55 Å². The average Bonchev–Trinajstić information content (AvgIpc) is 2.80. The van der Waals surface area contributed by atoms with E-state index in [1.165, 1.54) is 11.8 Å². The molecule has 3 aromatic carbocycles. The van der Waals surface area contributed by atoms with Gasteiger partial charge < -0.3 is 9.47 Å². The molecule has 156 valence electrons. The SMILES string of the molecule is O=c1c2ccccc2nc(SCc2ccccc2Cl)n1C[C@H]1COc2ccccc2O1. The summed E-state index contributed by atoms with van der Waals surface area (Å²) in [6.07, 6.45) is -0.296. The van der Waals surface area contributed by atoms with Crippen molar-refractivity contribution in [1.29, 1.82) is 0 Å². The van der Waals surface area contributed by atoms with E-state index < -0.39 is 0 Å². The molecule has 5 nitrogen and oxygen atoms in total. The van der Waals surface area contributed by atoms with Gasteiger partial charge in [-0.3, -0.25) is 9.36 Å². The Morgan fingerprint density at radius 3 is 2.61 bits per heavy atom. The molecule has 0 radical (unpaired) electrons. The standard InChI is InChI=1S/C24H19ClN2O3S/c25-19-9-3-1-7-16(19)15-31-24-26-20-10-4-2-8-18(20)23(28)27(24)13-17-14-29-21-11-5-6-12-22(21)30-17/h1-12,17H,13-15H2/t17-/m0/s1. The van der Waals surface area contributed by atoms with E-state index in [9.17, 15) is 4.79 Å². The van der Waals surface area contributed by atoms with Crippen molar-refractivity contribution in [3.8, 4) is 11.5 Å². The summed E-state index contributed by atoms with van der Waals surface area (Å²) in [6.45, 7) is 0.709. The maximum absolute atomic E-state index is 13.3. The van der Waals surface area contributed by atoms with Gasteiger partial charge in [-0.2, -0.15) is 0 Å². The molecule has 0 N–H and O–H groups in total. The summed E-state index contributed by atoms with van der Waals surface area (Å²) in [5.41, 5.74) is 1.58. The van der Waals surface area contributed by atoms with Crippen molar-refractivity contribution in [2.45, 2.75) is 23.6 Å². The highest BCUT2D eigenvalue weighted by Crippen LogP contribution is 2.32. The fourth-order valence-electron chi connectivity index (χ4n) is 3.53. The van der Waals surface area contributed by atoms with Crippen LogP contribution in [0.1, 0.15) is 5.56 Å². The summed E-state index contributed by atoms with van der Waals surface area (Å²) in [5, 5.41) is 1.91. The highest BCUT2D eigenvalue weighted by molar-refractivity contribution is 7.98. The van der Waals surface area contributed by atoms with Crippen molar-refractivity contribution < 1.29 is 9.47 Å². The maximum atomic E-state index is 13.3. The number of nitrogens with zero attached hydrogens (tertiary/aromatic N) is 2. The summed E-state index contributed by atoms with van der Waals surface area (Å²) in [4.78, 5) is 18.1. The van der Waals surface area contributed by atoms with E-state index in [4.69, 9.17) is 26.1 Å². The van der Waals surface area contributed by atoms with Gasteiger partial charge in [0.1, 0.15) is 6.61 Å². The lowest BCUT2D eigenvalue weighted by Crippen LogP contribution is -2.37. The highest BCUT2D eigenvalue weighted by Gasteiger charge is 2.23. The predicted octanol–water partition coefficient (Wildman–Crippen LogP) is 5.18. The van der Waals surface area contributed by atoms with Crippen LogP contribution in [-0.4, -0.2) is 22.3 Å². The monoisotopic (exact) mass is 450 g/mol. The number of ether oxygens (including phenoxy) is 2. The zero-order chi connectivity index (χ0) is 21.2. The van der Waals surface area contributed by atoms with Gasteiger partial charge in [0.2, 0.25) is 0 Å². The first kappa shape index (κ1) is 20.0.